The second kappa shape index (κ2) is 6.10. The van der Waals surface area contributed by atoms with Crippen molar-refractivity contribution in [2.75, 3.05) is 6.54 Å². The molecule has 0 atom stereocenters. The van der Waals surface area contributed by atoms with Crippen LogP contribution in [0.4, 0.5) is 0 Å². The number of thiophene rings is 1. The summed E-state index contributed by atoms with van der Waals surface area (Å²) in [5.74, 6) is 0.0210. The molecule has 1 amide bonds. The average Bonchev–Trinajstić information content (AvgIpc) is 2.50. The summed E-state index contributed by atoms with van der Waals surface area (Å²) in [5, 5.41) is 8.50. The van der Waals surface area contributed by atoms with Crippen molar-refractivity contribution in [2.24, 2.45) is 0 Å². The molecule has 1 aromatic heterocycles. The molecular weight excluding hydrogens is 232 g/mol. The summed E-state index contributed by atoms with van der Waals surface area (Å²) < 4.78 is 0. The van der Waals surface area contributed by atoms with E-state index in [2.05, 4.69) is 10.6 Å². The number of nitrogens with one attached hydrogen (secondary N) is 2. The van der Waals surface area contributed by atoms with E-state index in [9.17, 15) is 4.79 Å². The Labute approximate surface area is 98.8 Å². The molecule has 0 spiro atoms. The van der Waals surface area contributed by atoms with E-state index >= 15 is 0 Å². The lowest BCUT2D eigenvalue weighted by atomic mass is 10.4. The number of halogens is 1. The summed E-state index contributed by atoms with van der Waals surface area (Å²) in [6, 6.07) is 2.09. The van der Waals surface area contributed by atoms with Gasteiger partial charge in [0.15, 0.2) is 0 Å². The molecule has 0 saturated heterocycles. The van der Waals surface area contributed by atoms with Crippen molar-refractivity contribution in [3.8, 4) is 0 Å². The highest BCUT2D eigenvalue weighted by atomic mass is 35.5. The van der Waals surface area contributed by atoms with Gasteiger partial charge in [-0.25, -0.2) is 0 Å². The summed E-state index contributed by atoms with van der Waals surface area (Å²) in [6.07, 6.45) is 0. The minimum atomic E-state index is 0.0210. The van der Waals surface area contributed by atoms with Crippen molar-refractivity contribution in [1.29, 1.82) is 0 Å². The minimum absolute atomic E-state index is 0.0210. The molecule has 1 rings (SSSR count). The van der Waals surface area contributed by atoms with Crippen molar-refractivity contribution in [1.82, 2.24) is 10.6 Å². The van der Waals surface area contributed by atoms with Gasteiger partial charge in [0.25, 0.3) is 0 Å². The predicted octanol–water partition coefficient (Wildman–Crippen LogP) is 2.02. The van der Waals surface area contributed by atoms with Gasteiger partial charge in [0.1, 0.15) is 0 Å². The Morgan fingerprint density at radius 2 is 2.33 bits per heavy atom. The summed E-state index contributed by atoms with van der Waals surface area (Å²) in [4.78, 5) is 12.4. The van der Waals surface area contributed by atoms with Gasteiger partial charge in [-0.15, -0.1) is 11.3 Å². The molecule has 1 aromatic rings. The maximum absolute atomic E-state index is 11.3. The van der Waals surface area contributed by atoms with Gasteiger partial charge in [0.2, 0.25) is 5.91 Å². The fraction of sp³-hybridized carbons (Fsp3) is 0.500. The molecule has 15 heavy (non-hydrogen) atoms. The maximum Gasteiger partial charge on any atom is 0.234 e. The molecule has 5 heteroatoms. The van der Waals surface area contributed by atoms with Crippen molar-refractivity contribution in [3.05, 3.63) is 21.3 Å². The van der Waals surface area contributed by atoms with Crippen LogP contribution >= 0.6 is 22.9 Å². The highest BCUT2D eigenvalue weighted by molar-refractivity contribution is 7.10. The zero-order chi connectivity index (χ0) is 11.3. The summed E-state index contributed by atoms with van der Waals surface area (Å²) in [7, 11) is 0. The van der Waals surface area contributed by atoms with Crippen molar-refractivity contribution < 1.29 is 4.79 Å². The number of rotatable bonds is 5. The molecular formula is C10H15ClN2OS. The van der Waals surface area contributed by atoms with Crippen LogP contribution in [-0.4, -0.2) is 18.5 Å². The van der Waals surface area contributed by atoms with Gasteiger partial charge >= 0.3 is 0 Å². The molecule has 0 unspecified atom stereocenters. The van der Waals surface area contributed by atoms with Crippen LogP contribution in [0.3, 0.4) is 0 Å². The lowest BCUT2D eigenvalue weighted by Gasteiger charge is -2.08. The van der Waals surface area contributed by atoms with Gasteiger partial charge in [-0.05, 0) is 19.9 Å². The minimum Gasteiger partial charge on any atom is -0.353 e. The Morgan fingerprint density at radius 1 is 1.60 bits per heavy atom. The molecule has 0 aliphatic rings. The van der Waals surface area contributed by atoms with E-state index in [0.29, 0.717) is 13.1 Å². The summed E-state index contributed by atoms with van der Waals surface area (Å²) in [6.45, 7) is 4.91. The Bertz CT molecular complexity index is 325. The first-order valence-corrected chi connectivity index (χ1v) is 6.06. The second-order valence-corrected chi connectivity index (χ2v) is 4.99. The zero-order valence-electron chi connectivity index (χ0n) is 8.84. The molecule has 0 fully saturated rings. The van der Waals surface area contributed by atoms with Crippen LogP contribution in [0.1, 0.15) is 18.7 Å². The first-order valence-electron chi connectivity index (χ1n) is 4.81. The highest BCUT2D eigenvalue weighted by Gasteiger charge is 2.03. The average molecular weight is 247 g/mol. The third kappa shape index (κ3) is 5.16. The second-order valence-electron chi connectivity index (χ2n) is 3.56. The first kappa shape index (κ1) is 12.5. The Hall–Kier alpha value is -0.580. The molecule has 1 heterocycles. The summed E-state index contributed by atoms with van der Waals surface area (Å²) >= 11 is 7.36. The normalized spacial score (nSPS) is 10.7. The van der Waals surface area contributed by atoms with Gasteiger partial charge in [0, 0.05) is 22.8 Å². The first-order chi connectivity index (χ1) is 7.08. The molecule has 0 aliphatic heterocycles. The van der Waals surface area contributed by atoms with E-state index in [0.717, 1.165) is 9.90 Å². The maximum atomic E-state index is 11.3. The molecule has 2 N–H and O–H groups in total. The third-order valence-electron chi connectivity index (χ3n) is 1.66. The van der Waals surface area contributed by atoms with Gasteiger partial charge < -0.3 is 10.6 Å². The van der Waals surface area contributed by atoms with E-state index in [1.807, 2.05) is 25.3 Å². The van der Waals surface area contributed by atoms with E-state index in [1.54, 1.807) is 11.3 Å². The molecule has 0 saturated carbocycles. The Kier molecular flexibility index (Phi) is 5.08. The van der Waals surface area contributed by atoms with Crippen molar-refractivity contribution in [3.63, 3.8) is 0 Å². The van der Waals surface area contributed by atoms with E-state index in [-0.39, 0.29) is 11.9 Å². The van der Waals surface area contributed by atoms with Gasteiger partial charge in [-0.2, -0.15) is 0 Å². The summed E-state index contributed by atoms with van der Waals surface area (Å²) in [5.41, 5.74) is 0. The number of hydrogen-bond acceptors (Lipinski definition) is 3. The SMILES string of the molecule is CC(C)NC(=O)CNCc1cc(Cl)cs1. The largest absolute Gasteiger partial charge is 0.353 e. The monoisotopic (exact) mass is 246 g/mol. The molecule has 0 radical (unpaired) electrons. The fourth-order valence-corrected chi connectivity index (χ4v) is 2.16. The van der Waals surface area contributed by atoms with E-state index in [4.69, 9.17) is 11.6 Å². The standard InChI is InChI=1S/C10H15ClN2OS/c1-7(2)13-10(14)5-12-4-9-3-8(11)6-15-9/h3,6-7,12H,4-5H2,1-2H3,(H,13,14). The Morgan fingerprint density at radius 3 is 2.87 bits per heavy atom. The quantitative estimate of drug-likeness (QED) is 0.835. The van der Waals surface area contributed by atoms with Crippen molar-refractivity contribution >= 4 is 28.8 Å². The predicted molar refractivity (Wildman–Crippen MR) is 64.3 cm³/mol. The lowest BCUT2D eigenvalue weighted by Crippen LogP contribution is -2.37. The lowest BCUT2D eigenvalue weighted by molar-refractivity contribution is -0.120. The van der Waals surface area contributed by atoms with Crippen molar-refractivity contribution in [2.45, 2.75) is 26.4 Å². The smallest absolute Gasteiger partial charge is 0.234 e. The number of carbonyl (C=O) groups is 1. The van der Waals surface area contributed by atoms with Crippen LogP contribution in [0, 0.1) is 0 Å². The topological polar surface area (TPSA) is 41.1 Å². The van der Waals surface area contributed by atoms with E-state index < -0.39 is 0 Å². The van der Waals surface area contributed by atoms with Gasteiger partial charge in [-0.3, -0.25) is 4.79 Å². The van der Waals surface area contributed by atoms with Crippen LogP contribution in [-0.2, 0) is 11.3 Å². The van der Waals surface area contributed by atoms with E-state index in [1.165, 1.54) is 0 Å². The number of amides is 1. The van der Waals surface area contributed by atoms with Gasteiger partial charge in [-0.1, -0.05) is 11.6 Å². The van der Waals surface area contributed by atoms with Crippen LogP contribution in [0.5, 0.6) is 0 Å². The zero-order valence-corrected chi connectivity index (χ0v) is 10.4. The number of carbonyl (C=O) groups excluding carboxylic acids is 1. The van der Waals surface area contributed by atoms with Crippen LogP contribution < -0.4 is 10.6 Å². The van der Waals surface area contributed by atoms with Crippen LogP contribution in [0.25, 0.3) is 0 Å². The molecule has 0 aliphatic carbocycles. The highest BCUT2D eigenvalue weighted by Crippen LogP contribution is 2.18. The molecule has 0 bridgehead atoms. The molecule has 3 nitrogen and oxygen atoms in total. The van der Waals surface area contributed by atoms with Crippen LogP contribution in [0.15, 0.2) is 11.4 Å². The molecule has 84 valence electrons. The third-order valence-corrected chi connectivity index (χ3v) is 2.94. The number of hydrogen-bond donors (Lipinski definition) is 2. The molecule has 0 aromatic carbocycles. The fourth-order valence-electron chi connectivity index (χ4n) is 1.12. The van der Waals surface area contributed by atoms with Gasteiger partial charge in [0.05, 0.1) is 11.6 Å². The Balaban J connectivity index is 2.19. The van der Waals surface area contributed by atoms with Crippen LogP contribution in [0.2, 0.25) is 5.02 Å².